The van der Waals surface area contributed by atoms with E-state index < -0.39 is 5.97 Å². The van der Waals surface area contributed by atoms with Gasteiger partial charge in [0.1, 0.15) is 5.82 Å². The Hall–Kier alpha value is -1.65. The zero-order valence-corrected chi connectivity index (χ0v) is 10.3. The van der Waals surface area contributed by atoms with Gasteiger partial charge in [0.15, 0.2) is 0 Å². The van der Waals surface area contributed by atoms with Gasteiger partial charge in [-0.25, -0.2) is 4.98 Å². The van der Waals surface area contributed by atoms with Crippen LogP contribution in [0.4, 0.5) is 5.82 Å². The molecule has 0 aliphatic heterocycles. The fourth-order valence-electron chi connectivity index (χ4n) is 1.53. The minimum atomic E-state index is -0.727. The summed E-state index contributed by atoms with van der Waals surface area (Å²) in [5.74, 6) is 0.475. The number of anilines is 1. The Morgan fingerprint density at radius 3 is 2.76 bits per heavy atom. The first-order valence-corrected chi connectivity index (χ1v) is 5.83. The molecule has 0 fully saturated rings. The largest absolute Gasteiger partial charge is 0.481 e. The zero-order chi connectivity index (χ0) is 12.7. The first-order valence-electron chi connectivity index (χ1n) is 5.83. The van der Waals surface area contributed by atoms with Crippen LogP contribution in [-0.2, 0) is 4.79 Å². The van der Waals surface area contributed by atoms with E-state index in [0.717, 1.165) is 30.9 Å². The average molecular weight is 237 g/mol. The first-order chi connectivity index (χ1) is 8.09. The van der Waals surface area contributed by atoms with Gasteiger partial charge in [-0.05, 0) is 25.7 Å². The van der Waals surface area contributed by atoms with Gasteiger partial charge in [0.25, 0.3) is 0 Å². The average Bonchev–Trinajstić information content (AvgIpc) is 2.29. The number of carboxylic acid groups (broad SMARTS) is 1. The minimum absolute atomic E-state index is 0.241. The second-order valence-corrected chi connectivity index (χ2v) is 4.24. The quantitative estimate of drug-likeness (QED) is 0.759. The monoisotopic (exact) mass is 237 g/mol. The van der Waals surface area contributed by atoms with Crippen molar-refractivity contribution in [1.29, 1.82) is 0 Å². The molecule has 0 bridgehead atoms. The highest BCUT2D eigenvalue weighted by Gasteiger charge is 2.06. The minimum Gasteiger partial charge on any atom is -0.481 e. The lowest BCUT2D eigenvalue weighted by molar-refractivity contribution is -0.137. The molecular formula is C12H19N3O2. The molecule has 1 heterocycles. The second-order valence-electron chi connectivity index (χ2n) is 4.24. The van der Waals surface area contributed by atoms with Crippen molar-refractivity contribution in [1.82, 2.24) is 9.97 Å². The van der Waals surface area contributed by atoms with E-state index in [1.165, 1.54) is 0 Å². The highest BCUT2D eigenvalue weighted by atomic mass is 16.4. The summed E-state index contributed by atoms with van der Waals surface area (Å²) >= 11 is 0. The molecule has 0 saturated carbocycles. The summed E-state index contributed by atoms with van der Waals surface area (Å²) in [6, 6.07) is 0. The zero-order valence-electron chi connectivity index (χ0n) is 10.3. The van der Waals surface area contributed by atoms with Crippen molar-refractivity contribution in [2.24, 2.45) is 5.92 Å². The van der Waals surface area contributed by atoms with Gasteiger partial charge < -0.3 is 10.4 Å². The summed E-state index contributed by atoms with van der Waals surface area (Å²) < 4.78 is 0. The Kier molecular flexibility index (Phi) is 5.39. The van der Waals surface area contributed by atoms with Crippen LogP contribution in [0.5, 0.6) is 0 Å². The van der Waals surface area contributed by atoms with Gasteiger partial charge in [-0.15, -0.1) is 0 Å². The van der Waals surface area contributed by atoms with Gasteiger partial charge in [0.05, 0.1) is 5.69 Å². The van der Waals surface area contributed by atoms with Crippen molar-refractivity contribution in [2.75, 3.05) is 11.9 Å². The van der Waals surface area contributed by atoms with Crippen LogP contribution < -0.4 is 5.32 Å². The van der Waals surface area contributed by atoms with E-state index in [1.54, 1.807) is 12.4 Å². The molecule has 17 heavy (non-hydrogen) atoms. The standard InChI is InChI=1S/C12H19N3O2/c1-9(3-4-11(16)17)5-6-14-12-10(2)13-7-8-15-12/h7-9H,3-6H2,1-2H3,(H,14,15)(H,16,17). The molecule has 1 aromatic rings. The van der Waals surface area contributed by atoms with E-state index in [9.17, 15) is 4.79 Å². The van der Waals surface area contributed by atoms with E-state index in [-0.39, 0.29) is 6.42 Å². The van der Waals surface area contributed by atoms with Gasteiger partial charge in [-0.3, -0.25) is 9.78 Å². The summed E-state index contributed by atoms with van der Waals surface area (Å²) in [6.07, 6.45) is 5.21. The Bertz CT molecular complexity index is 369. The van der Waals surface area contributed by atoms with Crippen LogP contribution in [0.15, 0.2) is 12.4 Å². The molecule has 0 aliphatic rings. The predicted molar refractivity (Wildman–Crippen MR) is 65.9 cm³/mol. The lowest BCUT2D eigenvalue weighted by atomic mass is 10.0. The van der Waals surface area contributed by atoms with Crippen molar-refractivity contribution in [3.63, 3.8) is 0 Å². The highest BCUT2D eigenvalue weighted by Crippen LogP contribution is 2.11. The maximum Gasteiger partial charge on any atom is 0.303 e. The molecular weight excluding hydrogens is 218 g/mol. The smallest absolute Gasteiger partial charge is 0.303 e. The molecule has 0 spiro atoms. The number of rotatable bonds is 7. The normalized spacial score (nSPS) is 12.1. The van der Waals surface area contributed by atoms with E-state index in [2.05, 4.69) is 22.2 Å². The number of carbonyl (C=O) groups is 1. The fourth-order valence-corrected chi connectivity index (χ4v) is 1.53. The van der Waals surface area contributed by atoms with Crippen LogP contribution in [0.25, 0.3) is 0 Å². The van der Waals surface area contributed by atoms with Gasteiger partial charge in [-0.2, -0.15) is 0 Å². The van der Waals surface area contributed by atoms with Crippen LogP contribution in [0.1, 0.15) is 31.9 Å². The van der Waals surface area contributed by atoms with Gasteiger partial charge >= 0.3 is 5.97 Å². The molecule has 1 atom stereocenters. The number of aromatic nitrogens is 2. The van der Waals surface area contributed by atoms with E-state index in [4.69, 9.17) is 5.11 Å². The molecule has 94 valence electrons. The van der Waals surface area contributed by atoms with Crippen molar-refractivity contribution in [2.45, 2.75) is 33.1 Å². The Balaban J connectivity index is 2.24. The van der Waals surface area contributed by atoms with E-state index >= 15 is 0 Å². The third-order valence-corrected chi connectivity index (χ3v) is 2.66. The Labute approximate surface area is 101 Å². The molecule has 0 saturated heterocycles. The maximum absolute atomic E-state index is 10.4. The number of hydrogen-bond acceptors (Lipinski definition) is 4. The van der Waals surface area contributed by atoms with E-state index in [1.807, 2.05) is 6.92 Å². The van der Waals surface area contributed by atoms with Crippen LogP contribution in [-0.4, -0.2) is 27.6 Å². The van der Waals surface area contributed by atoms with Crippen LogP contribution in [0.2, 0.25) is 0 Å². The number of carboxylic acids is 1. The molecule has 1 aromatic heterocycles. The number of nitrogens with zero attached hydrogens (tertiary/aromatic N) is 2. The first kappa shape index (κ1) is 13.4. The lowest BCUT2D eigenvalue weighted by Gasteiger charge is -2.11. The molecule has 5 heteroatoms. The SMILES string of the molecule is Cc1nccnc1NCCC(C)CCC(=O)O. The second kappa shape index (κ2) is 6.83. The number of hydrogen-bond donors (Lipinski definition) is 2. The maximum atomic E-state index is 10.4. The van der Waals surface area contributed by atoms with Gasteiger partial charge in [-0.1, -0.05) is 6.92 Å². The summed E-state index contributed by atoms with van der Waals surface area (Å²) in [4.78, 5) is 18.7. The summed E-state index contributed by atoms with van der Waals surface area (Å²) in [7, 11) is 0. The van der Waals surface area contributed by atoms with E-state index in [0.29, 0.717) is 5.92 Å². The molecule has 0 aromatic carbocycles. The van der Waals surface area contributed by atoms with Crippen molar-refractivity contribution in [3.8, 4) is 0 Å². The Morgan fingerprint density at radius 1 is 1.41 bits per heavy atom. The third kappa shape index (κ3) is 5.29. The van der Waals surface area contributed by atoms with Crippen LogP contribution >= 0.6 is 0 Å². The molecule has 0 aliphatic carbocycles. The number of nitrogens with one attached hydrogen (secondary N) is 1. The molecule has 0 radical (unpaired) electrons. The summed E-state index contributed by atoms with van der Waals surface area (Å²) in [6.45, 7) is 4.76. The van der Waals surface area contributed by atoms with Crippen molar-refractivity contribution < 1.29 is 9.90 Å². The van der Waals surface area contributed by atoms with Gasteiger partial charge in [0, 0.05) is 25.4 Å². The number of aliphatic carboxylic acids is 1. The fraction of sp³-hybridized carbons (Fsp3) is 0.583. The van der Waals surface area contributed by atoms with Gasteiger partial charge in [0.2, 0.25) is 0 Å². The summed E-state index contributed by atoms with van der Waals surface area (Å²) in [5.41, 5.74) is 0.880. The molecule has 1 rings (SSSR count). The van der Waals surface area contributed by atoms with Crippen LogP contribution in [0.3, 0.4) is 0 Å². The number of aryl methyl sites for hydroxylation is 1. The summed E-state index contributed by atoms with van der Waals surface area (Å²) in [5, 5.41) is 11.8. The molecule has 0 amide bonds. The van der Waals surface area contributed by atoms with Crippen LogP contribution in [0, 0.1) is 12.8 Å². The molecule has 2 N–H and O–H groups in total. The molecule has 5 nitrogen and oxygen atoms in total. The molecule has 1 unspecified atom stereocenters. The predicted octanol–water partition coefficient (Wildman–Crippen LogP) is 2.09. The van der Waals surface area contributed by atoms with Crippen molar-refractivity contribution >= 4 is 11.8 Å². The lowest BCUT2D eigenvalue weighted by Crippen LogP contribution is -2.10. The highest BCUT2D eigenvalue weighted by molar-refractivity contribution is 5.66. The Morgan fingerprint density at radius 2 is 2.12 bits per heavy atom. The van der Waals surface area contributed by atoms with Crippen molar-refractivity contribution in [3.05, 3.63) is 18.1 Å². The third-order valence-electron chi connectivity index (χ3n) is 2.66. The topological polar surface area (TPSA) is 75.1 Å².